The van der Waals surface area contributed by atoms with Gasteiger partial charge in [-0.25, -0.2) is 14.5 Å². The summed E-state index contributed by atoms with van der Waals surface area (Å²) in [6.07, 6.45) is 0.953. The van der Waals surface area contributed by atoms with Crippen molar-refractivity contribution in [3.05, 3.63) is 58.4 Å². The van der Waals surface area contributed by atoms with Crippen LogP contribution in [-0.4, -0.2) is 32.6 Å². The smallest absolute Gasteiger partial charge is 0.226 e. The monoisotopic (exact) mass is 421 g/mol. The summed E-state index contributed by atoms with van der Waals surface area (Å²) in [6.45, 7) is 5.94. The van der Waals surface area contributed by atoms with Gasteiger partial charge < -0.3 is 10.1 Å². The quantitative estimate of drug-likeness (QED) is 0.500. The van der Waals surface area contributed by atoms with E-state index in [1.165, 1.54) is 11.3 Å². The van der Waals surface area contributed by atoms with Gasteiger partial charge in [-0.2, -0.15) is 5.10 Å². The molecule has 0 bridgehead atoms. The molecule has 8 heteroatoms. The Morgan fingerprint density at radius 1 is 1.17 bits per heavy atom. The molecule has 0 fully saturated rings. The van der Waals surface area contributed by atoms with Gasteiger partial charge in [-0.15, -0.1) is 11.3 Å². The summed E-state index contributed by atoms with van der Waals surface area (Å²) >= 11 is 1.41. The number of hydrogen-bond donors (Lipinski definition) is 1. The number of amides is 1. The molecule has 4 rings (SSSR count). The van der Waals surface area contributed by atoms with Gasteiger partial charge in [0.1, 0.15) is 5.75 Å². The zero-order chi connectivity index (χ0) is 21.3. The molecule has 0 aliphatic heterocycles. The maximum atomic E-state index is 12.5. The molecule has 0 atom stereocenters. The van der Waals surface area contributed by atoms with E-state index >= 15 is 0 Å². The molecule has 1 N–H and O–H groups in total. The zero-order valence-corrected chi connectivity index (χ0v) is 18.2. The fraction of sp³-hybridized carbons (Fsp3) is 0.273. The van der Waals surface area contributed by atoms with Gasteiger partial charge in [0.25, 0.3) is 0 Å². The number of carbonyl (C=O) groups excluding carboxylic acids is 1. The molecule has 1 aromatic carbocycles. The number of anilines is 1. The van der Waals surface area contributed by atoms with Crippen molar-refractivity contribution in [3.8, 4) is 17.0 Å². The van der Waals surface area contributed by atoms with E-state index in [0.717, 1.165) is 45.3 Å². The van der Waals surface area contributed by atoms with Crippen LogP contribution in [0.25, 0.3) is 16.9 Å². The molecule has 0 radical (unpaired) electrons. The van der Waals surface area contributed by atoms with Crippen molar-refractivity contribution >= 4 is 28.0 Å². The number of aromatic nitrogens is 4. The first-order chi connectivity index (χ1) is 14.4. The molecule has 154 valence electrons. The zero-order valence-electron chi connectivity index (χ0n) is 17.4. The lowest BCUT2D eigenvalue weighted by molar-refractivity contribution is -0.116. The molecule has 0 aliphatic carbocycles. The van der Waals surface area contributed by atoms with Crippen LogP contribution >= 0.6 is 11.3 Å². The molecule has 1 amide bonds. The Morgan fingerprint density at radius 3 is 2.67 bits per heavy atom. The summed E-state index contributed by atoms with van der Waals surface area (Å²) in [6, 6.07) is 9.64. The lowest BCUT2D eigenvalue weighted by atomic mass is 10.1. The number of ether oxygens (including phenoxy) is 1. The number of nitrogens with one attached hydrogen (secondary N) is 1. The number of carbonyl (C=O) groups is 1. The fourth-order valence-electron chi connectivity index (χ4n) is 3.45. The van der Waals surface area contributed by atoms with Gasteiger partial charge >= 0.3 is 0 Å². The summed E-state index contributed by atoms with van der Waals surface area (Å²) in [5, 5.41) is 9.92. The number of nitrogens with zero attached hydrogens (tertiary/aromatic N) is 4. The van der Waals surface area contributed by atoms with Crippen molar-refractivity contribution in [3.63, 3.8) is 0 Å². The van der Waals surface area contributed by atoms with Crippen molar-refractivity contribution in [1.29, 1.82) is 0 Å². The minimum absolute atomic E-state index is 0.0684. The third kappa shape index (κ3) is 4.04. The maximum absolute atomic E-state index is 12.5. The van der Waals surface area contributed by atoms with E-state index in [-0.39, 0.29) is 5.91 Å². The minimum Gasteiger partial charge on any atom is -0.497 e. The average Bonchev–Trinajstić information content (AvgIpc) is 3.34. The lowest BCUT2D eigenvalue weighted by Crippen LogP contribution is -2.14. The molecule has 0 saturated carbocycles. The highest BCUT2D eigenvalue weighted by Crippen LogP contribution is 2.26. The Morgan fingerprint density at radius 2 is 1.93 bits per heavy atom. The van der Waals surface area contributed by atoms with E-state index in [2.05, 4.69) is 20.4 Å². The molecule has 4 aromatic rings. The van der Waals surface area contributed by atoms with Gasteiger partial charge in [0.05, 0.1) is 18.5 Å². The number of thiazole rings is 1. The van der Waals surface area contributed by atoms with Crippen LogP contribution in [0.15, 0.2) is 35.7 Å². The summed E-state index contributed by atoms with van der Waals surface area (Å²) in [5.41, 5.74) is 6.58. The number of fused-ring (bicyclic) bond motifs is 1. The van der Waals surface area contributed by atoms with Gasteiger partial charge in [0.2, 0.25) is 5.91 Å². The Bertz CT molecular complexity index is 1210. The summed E-state index contributed by atoms with van der Waals surface area (Å²) in [4.78, 5) is 21.6. The minimum atomic E-state index is -0.0684. The molecule has 7 nitrogen and oxygen atoms in total. The summed E-state index contributed by atoms with van der Waals surface area (Å²) in [7, 11) is 1.64. The van der Waals surface area contributed by atoms with Gasteiger partial charge in [-0.3, -0.25) is 4.79 Å². The predicted octanol–water partition coefficient (Wildman–Crippen LogP) is 4.36. The molecule has 3 heterocycles. The second-order valence-electron chi connectivity index (χ2n) is 7.13. The highest BCUT2D eigenvalue weighted by atomic mass is 32.1. The fourth-order valence-corrected chi connectivity index (χ4v) is 4.18. The van der Waals surface area contributed by atoms with Crippen molar-refractivity contribution < 1.29 is 9.53 Å². The number of methoxy groups -OCH3 is 1. The van der Waals surface area contributed by atoms with Crippen LogP contribution in [0.4, 0.5) is 5.13 Å². The van der Waals surface area contributed by atoms with Crippen LogP contribution in [0.5, 0.6) is 5.75 Å². The van der Waals surface area contributed by atoms with Crippen molar-refractivity contribution in [2.24, 2.45) is 0 Å². The molecular weight excluding hydrogens is 398 g/mol. The second-order valence-corrected chi connectivity index (χ2v) is 7.99. The van der Waals surface area contributed by atoms with Gasteiger partial charge in [0.15, 0.2) is 10.8 Å². The van der Waals surface area contributed by atoms with E-state index in [1.54, 1.807) is 7.11 Å². The first-order valence-electron chi connectivity index (χ1n) is 9.67. The Hall–Kier alpha value is -3.26. The Labute approximate surface area is 178 Å². The largest absolute Gasteiger partial charge is 0.497 e. The predicted molar refractivity (Wildman–Crippen MR) is 118 cm³/mol. The first-order valence-corrected chi connectivity index (χ1v) is 10.5. The van der Waals surface area contributed by atoms with E-state index < -0.39 is 0 Å². The molecule has 0 saturated heterocycles. The number of hydrogen-bond acceptors (Lipinski definition) is 6. The normalized spacial score (nSPS) is 11.1. The van der Waals surface area contributed by atoms with Gasteiger partial charge in [-0.05, 0) is 57.0 Å². The topological polar surface area (TPSA) is 81.4 Å². The Balaban J connectivity index is 1.42. The van der Waals surface area contributed by atoms with Crippen molar-refractivity contribution in [1.82, 2.24) is 19.6 Å². The van der Waals surface area contributed by atoms with Crippen LogP contribution in [0.3, 0.4) is 0 Å². The van der Waals surface area contributed by atoms with E-state index in [4.69, 9.17) is 4.74 Å². The van der Waals surface area contributed by atoms with Crippen LogP contribution in [0, 0.1) is 20.8 Å². The Kier molecular flexibility index (Phi) is 5.50. The molecular formula is C22H23N5O2S. The second kappa shape index (κ2) is 8.23. The summed E-state index contributed by atoms with van der Waals surface area (Å²) < 4.78 is 7.03. The van der Waals surface area contributed by atoms with Gasteiger partial charge in [0, 0.05) is 34.8 Å². The number of rotatable bonds is 6. The molecule has 30 heavy (non-hydrogen) atoms. The molecule has 3 aromatic heterocycles. The number of benzene rings is 1. The summed E-state index contributed by atoms with van der Waals surface area (Å²) in [5.74, 6) is 0.729. The average molecular weight is 422 g/mol. The van der Waals surface area contributed by atoms with Crippen molar-refractivity contribution in [2.75, 3.05) is 12.4 Å². The van der Waals surface area contributed by atoms with Crippen LogP contribution in [0.2, 0.25) is 0 Å². The third-order valence-electron chi connectivity index (χ3n) is 5.02. The van der Waals surface area contributed by atoms with Crippen LogP contribution in [-0.2, 0) is 11.2 Å². The van der Waals surface area contributed by atoms with Crippen LogP contribution in [0.1, 0.15) is 29.1 Å². The van der Waals surface area contributed by atoms with Gasteiger partial charge in [-0.1, -0.05) is 0 Å². The standard InChI is InChI=1S/C22H23N5O2S/c1-13-11-20-23-14(2)18(15(3)27(20)26-13)9-10-21(28)25-22-24-19(12-30-22)16-5-7-17(29-4)8-6-16/h5-8,11-12H,9-10H2,1-4H3,(H,24,25,28). The number of aryl methyl sites for hydroxylation is 3. The van der Waals surface area contributed by atoms with E-state index in [0.29, 0.717) is 18.0 Å². The van der Waals surface area contributed by atoms with E-state index in [1.807, 2.05) is 61.0 Å². The SMILES string of the molecule is COc1ccc(-c2csc(NC(=O)CCc3c(C)nc4cc(C)nn4c3C)n2)cc1. The third-order valence-corrected chi connectivity index (χ3v) is 5.78. The maximum Gasteiger partial charge on any atom is 0.226 e. The van der Waals surface area contributed by atoms with E-state index in [9.17, 15) is 4.79 Å². The lowest BCUT2D eigenvalue weighted by Gasteiger charge is -2.10. The molecule has 0 aliphatic rings. The molecule has 0 spiro atoms. The first kappa shape index (κ1) is 20.0. The van der Waals surface area contributed by atoms with Crippen molar-refractivity contribution in [2.45, 2.75) is 33.6 Å². The molecule has 0 unspecified atom stereocenters. The highest BCUT2D eigenvalue weighted by Gasteiger charge is 2.14. The highest BCUT2D eigenvalue weighted by molar-refractivity contribution is 7.14. The van der Waals surface area contributed by atoms with Crippen LogP contribution < -0.4 is 10.1 Å².